The molecule has 0 saturated carbocycles. The quantitative estimate of drug-likeness (QED) is 0.365. The number of ether oxygens (including phenoxy) is 1. The minimum atomic E-state index is -3.20. The monoisotopic (exact) mass is 478 g/mol. The molecule has 0 spiro atoms. The molecular weight excluding hydrogens is 452 g/mol. The maximum Gasteiger partial charge on any atom is 0.229 e. The van der Waals surface area contributed by atoms with E-state index in [1.54, 1.807) is 6.20 Å². The molecule has 2 aromatic carbocycles. The van der Waals surface area contributed by atoms with Gasteiger partial charge in [0.15, 0.2) is 0 Å². The highest BCUT2D eigenvalue weighted by atomic mass is 32.2. The lowest BCUT2D eigenvalue weighted by atomic mass is 10.2. The molecule has 4 aromatic rings. The van der Waals surface area contributed by atoms with Gasteiger partial charge < -0.3 is 20.4 Å². The van der Waals surface area contributed by atoms with Gasteiger partial charge in [0.25, 0.3) is 0 Å². The van der Waals surface area contributed by atoms with Crippen LogP contribution in [0, 0.1) is 6.92 Å². The second-order valence-electron chi connectivity index (χ2n) is 8.45. The summed E-state index contributed by atoms with van der Waals surface area (Å²) in [6.07, 6.45) is 3.41. The first-order valence-electron chi connectivity index (χ1n) is 11.0. The van der Waals surface area contributed by atoms with Crippen LogP contribution >= 0.6 is 0 Å². The second-order valence-corrected chi connectivity index (χ2v) is 10.4. The van der Waals surface area contributed by atoms with E-state index in [0.717, 1.165) is 28.0 Å². The number of aromatic amines is 1. The van der Waals surface area contributed by atoms with Crippen LogP contribution in [0.25, 0.3) is 10.9 Å². The van der Waals surface area contributed by atoms with Gasteiger partial charge in [-0.1, -0.05) is 6.07 Å². The largest absolute Gasteiger partial charge is 0.489 e. The zero-order chi connectivity index (χ0) is 23.7. The van der Waals surface area contributed by atoms with Gasteiger partial charge in [-0.15, -0.1) is 0 Å². The van der Waals surface area contributed by atoms with Crippen LogP contribution in [0.3, 0.4) is 0 Å². The van der Waals surface area contributed by atoms with Gasteiger partial charge in [0.2, 0.25) is 16.0 Å². The summed E-state index contributed by atoms with van der Waals surface area (Å²) in [4.78, 5) is 12.2. The summed E-state index contributed by atoms with van der Waals surface area (Å²) >= 11 is 0. The normalized spacial score (nSPS) is 16.6. The SMILES string of the molecule is Cc1cc2cc(Nc3ccnc(Nc4cccc(O[C@H]5CCN(S(C)(=O)=O)C5)c4)n3)ccc2[nH]1. The summed E-state index contributed by atoms with van der Waals surface area (Å²) in [5, 5.41) is 7.66. The molecule has 1 aliphatic rings. The number of hydrogen-bond acceptors (Lipinski definition) is 7. The van der Waals surface area contributed by atoms with Gasteiger partial charge in [0.05, 0.1) is 12.8 Å². The number of aryl methyl sites for hydroxylation is 1. The standard InChI is InChI=1S/C24H26N6O3S/c1-16-12-17-13-19(6-7-22(17)26-16)27-23-8-10-25-24(29-23)28-18-4-3-5-20(14-18)33-21-9-11-30(15-21)34(2,31)32/h3-8,10,12-14,21,26H,9,11,15H2,1-2H3,(H2,25,27,28,29)/t21-/m0/s1. The minimum absolute atomic E-state index is 0.171. The average molecular weight is 479 g/mol. The lowest BCUT2D eigenvalue weighted by Crippen LogP contribution is -2.29. The van der Waals surface area contributed by atoms with Crippen LogP contribution in [-0.4, -0.2) is 53.1 Å². The fraction of sp³-hybridized carbons (Fsp3) is 0.250. The molecule has 1 atom stereocenters. The van der Waals surface area contributed by atoms with E-state index in [1.807, 2.05) is 49.4 Å². The number of anilines is 4. The molecule has 0 radical (unpaired) electrons. The van der Waals surface area contributed by atoms with E-state index < -0.39 is 10.0 Å². The van der Waals surface area contributed by atoms with Crippen molar-refractivity contribution in [3.63, 3.8) is 0 Å². The molecule has 34 heavy (non-hydrogen) atoms. The van der Waals surface area contributed by atoms with Gasteiger partial charge in [0, 0.05) is 46.8 Å². The first-order valence-corrected chi connectivity index (χ1v) is 12.8. The van der Waals surface area contributed by atoms with Crippen molar-refractivity contribution in [2.75, 3.05) is 30.0 Å². The maximum atomic E-state index is 11.7. The molecule has 0 unspecified atom stereocenters. The second kappa shape index (κ2) is 8.96. The number of benzene rings is 2. The molecule has 1 aliphatic heterocycles. The molecule has 2 aromatic heterocycles. The smallest absolute Gasteiger partial charge is 0.229 e. The number of fused-ring (bicyclic) bond motifs is 1. The van der Waals surface area contributed by atoms with E-state index in [4.69, 9.17) is 4.74 Å². The maximum absolute atomic E-state index is 11.7. The number of hydrogen-bond donors (Lipinski definition) is 3. The van der Waals surface area contributed by atoms with Crippen LogP contribution in [0.2, 0.25) is 0 Å². The third-order valence-corrected chi connectivity index (χ3v) is 6.92. The number of nitrogens with zero attached hydrogens (tertiary/aromatic N) is 3. The van der Waals surface area contributed by atoms with E-state index in [1.165, 1.54) is 10.6 Å². The summed E-state index contributed by atoms with van der Waals surface area (Å²) in [6.45, 7) is 2.88. The number of H-pyrrole nitrogens is 1. The molecule has 3 N–H and O–H groups in total. The highest BCUT2D eigenvalue weighted by Gasteiger charge is 2.29. The summed E-state index contributed by atoms with van der Waals surface area (Å²) < 4.78 is 30.9. The highest BCUT2D eigenvalue weighted by molar-refractivity contribution is 7.88. The van der Waals surface area contributed by atoms with Crippen LogP contribution in [0.1, 0.15) is 12.1 Å². The average Bonchev–Trinajstić information content (AvgIpc) is 3.40. The Morgan fingerprint density at radius 2 is 1.94 bits per heavy atom. The van der Waals surface area contributed by atoms with Crippen LogP contribution in [0.15, 0.2) is 60.8 Å². The highest BCUT2D eigenvalue weighted by Crippen LogP contribution is 2.25. The third kappa shape index (κ3) is 5.13. The van der Waals surface area contributed by atoms with Crippen LogP contribution in [-0.2, 0) is 10.0 Å². The fourth-order valence-electron chi connectivity index (χ4n) is 4.06. The number of nitrogens with one attached hydrogen (secondary N) is 3. The Balaban J connectivity index is 1.25. The molecule has 176 valence electrons. The molecule has 3 heterocycles. The molecule has 0 aliphatic carbocycles. The molecule has 10 heteroatoms. The van der Waals surface area contributed by atoms with Gasteiger partial charge in [-0.3, -0.25) is 0 Å². The predicted octanol–water partition coefficient (Wildman–Crippen LogP) is 4.17. The summed E-state index contributed by atoms with van der Waals surface area (Å²) in [7, 11) is -3.20. The third-order valence-electron chi connectivity index (χ3n) is 5.65. The molecule has 1 fully saturated rings. The van der Waals surface area contributed by atoms with Crippen molar-refractivity contribution in [1.82, 2.24) is 19.3 Å². The number of rotatable bonds is 7. The molecule has 9 nitrogen and oxygen atoms in total. The molecule has 1 saturated heterocycles. The summed E-state index contributed by atoms with van der Waals surface area (Å²) in [5.74, 6) is 1.78. The van der Waals surface area contributed by atoms with Gasteiger partial charge in [-0.05, 0) is 55.8 Å². The van der Waals surface area contributed by atoms with Crippen LogP contribution in [0.5, 0.6) is 5.75 Å². The van der Waals surface area contributed by atoms with Crippen molar-refractivity contribution in [2.45, 2.75) is 19.4 Å². The van der Waals surface area contributed by atoms with Crippen molar-refractivity contribution < 1.29 is 13.2 Å². The van der Waals surface area contributed by atoms with Crippen molar-refractivity contribution in [3.8, 4) is 5.75 Å². The van der Waals surface area contributed by atoms with Crippen molar-refractivity contribution in [3.05, 3.63) is 66.5 Å². The Morgan fingerprint density at radius 1 is 1.09 bits per heavy atom. The van der Waals surface area contributed by atoms with Crippen molar-refractivity contribution in [1.29, 1.82) is 0 Å². The lowest BCUT2D eigenvalue weighted by molar-refractivity contribution is 0.216. The molecular formula is C24H26N6O3S. The Bertz CT molecular complexity index is 1440. The number of aromatic nitrogens is 3. The van der Waals surface area contributed by atoms with E-state index in [9.17, 15) is 8.42 Å². The first-order chi connectivity index (χ1) is 16.3. The van der Waals surface area contributed by atoms with Gasteiger partial charge in [0.1, 0.15) is 17.7 Å². The topological polar surface area (TPSA) is 112 Å². The Labute approximate surface area is 198 Å². The molecule has 5 rings (SSSR count). The van der Waals surface area contributed by atoms with Gasteiger partial charge in [-0.2, -0.15) is 9.29 Å². The summed E-state index contributed by atoms with van der Waals surface area (Å²) in [5.41, 5.74) is 3.92. The van der Waals surface area contributed by atoms with E-state index in [0.29, 0.717) is 37.0 Å². The van der Waals surface area contributed by atoms with E-state index >= 15 is 0 Å². The fourth-order valence-corrected chi connectivity index (χ4v) is 4.93. The lowest BCUT2D eigenvalue weighted by Gasteiger charge is -2.16. The Kier molecular flexibility index (Phi) is 5.84. The minimum Gasteiger partial charge on any atom is -0.489 e. The van der Waals surface area contributed by atoms with Crippen LogP contribution < -0.4 is 15.4 Å². The Morgan fingerprint density at radius 3 is 2.76 bits per heavy atom. The zero-order valence-corrected chi connectivity index (χ0v) is 19.8. The predicted molar refractivity (Wildman–Crippen MR) is 134 cm³/mol. The van der Waals surface area contributed by atoms with Gasteiger partial charge >= 0.3 is 0 Å². The van der Waals surface area contributed by atoms with Crippen molar-refractivity contribution >= 4 is 44.1 Å². The summed E-state index contributed by atoms with van der Waals surface area (Å²) in [6, 6.07) is 17.5. The van der Waals surface area contributed by atoms with E-state index in [2.05, 4.69) is 37.7 Å². The van der Waals surface area contributed by atoms with E-state index in [-0.39, 0.29) is 6.10 Å². The van der Waals surface area contributed by atoms with Crippen molar-refractivity contribution in [2.24, 2.45) is 0 Å². The Hall–Kier alpha value is -3.63. The molecule has 0 bridgehead atoms. The van der Waals surface area contributed by atoms with Crippen LogP contribution in [0.4, 0.5) is 23.1 Å². The number of sulfonamides is 1. The van der Waals surface area contributed by atoms with Gasteiger partial charge in [-0.25, -0.2) is 13.4 Å². The zero-order valence-electron chi connectivity index (χ0n) is 18.9. The first kappa shape index (κ1) is 22.2. The molecule has 0 amide bonds.